The first kappa shape index (κ1) is 22.1. The van der Waals surface area contributed by atoms with Crippen LogP contribution in [0.5, 0.6) is 0 Å². The summed E-state index contributed by atoms with van der Waals surface area (Å²) in [7, 11) is -4.00. The van der Waals surface area contributed by atoms with Crippen LogP contribution in [0.15, 0.2) is 30.3 Å². The maximum atomic E-state index is 2.76. The second-order valence-corrected chi connectivity index (χ2v) is 41.8. The lowest BCUT2D eigenvalue weighted by molar-refractivity contribution is 1.24. The van der Waals surface area contributed by atoms with Crippen molar-refractivity contribution in [2.24, 2.45) is 0 Å². The van der Waals surface area contributed by atoms with Crippen LogP contribution >= 0.6 is 0 Å². The monoisotopic (exact) mass is 393 g/mol. The van der Waals surface area contributed by atoms with E-state index in [1.54, 1.807) is 29.4 Å². The zero-order valence-electron chi connectivity index (χ0n) is 17.6. The molecule has 0 unspecified atom stereocenters. The average molecular weight is 394 g/mol. The second kappa shape index (κ2) is 9.15. The number of hydrogen-bond donors (Lipinski definition) is 0. The van der Waals surface area contributed by atoms with Crippen LogP contribution in [-0.4, -0.2) is 30.1 Å². The van der Waals surface area contributed by atoms with Crippen LogP contribution in [0.4, 0.5) is 0 Å². The lowest BCUT2D eigenvalue weighted by Gasteiger charge is -2.58. The van der Waals surface area contributed by atoms with E-state index in [1.165, 1.54) is 12.1 Å². The summed E-state index contributed by atoms with van der Waals surface area (Å²) in [6, 6.07) is 21.0. The van der Waals surface area contributed by atoms with E-state index in [0.717, 1.165) is 0 Å². The van der Waals surface area contributed by atoms with E-state index in [-0.39, 0.29) is 8.31 Å². The zero-order valence-corrected chi connectivity index (χ0v) is 21.6. The molecule has 0 spiro atoms. The maximum absolute atomic E-state index is 2.76. The first-order valence-corrected chi connectivity index (χ1v) is 23.0. The fourth-order valence-corrected chi connectivity index (χ4v) is 87.2. The standard InChI is InChI=1S/C20H41Si4/c1-9-21(10-2)23(11-3,12-4)24(13-5,14-6)22(7,8)20-18-16-15-17-19-20/h15-19H,9-14H2,1-8H3. The van der Waals surface area contributed by atoms with E-state index in [0.29, 0.717) is 0 Å². The van der Waals surface area contributed by atoms with Crippen molar-refractivity contribution in [3.8, 4) is 0 Å². The lowest BCUT2D eigenvalue weighted by atomic mass is 10.4. The van der Waals surface area contributed by atoms with Crippen LogP contribution in [0.3, 0.4) is 0 Å². The van der Waals surface area contributed by atoms with Crippen molar-refractivity contribution in [3.63, 3.8) is 0 Å². The Kier molecular flexibility index (Phi) is 8.44. The Labute approximate surface area is 156 Å². The molecule has 4 heteroatoms. The molecule has 0 nitrogen and oxygen atoms in total. The van der Waals surface area contributed by atoms with Gasteiger partial charge in [0, 0.05) is 22.5 Å². The quantitative estimate of drug-likeness (QED) is 0.406. The SMILES string of the molecule is CC[Si](CC)[Si](CC)(CC)[Si](CC)(CC)[Si](C)(C)c1ccccc1. The molecule has 0 fully saturated rings. The molecule has 24 heavy (non-hydrogen) atoms. The summed E-state index contributed by atoms with van der Waals surface area (Å²) in [6.07, 6.45) is 0. The molecule has 0 aliphatic carbocycles. The van der Waals surface area contributed by atoms with Gasteiger partial charge in [0.15, 0.2) is 0 Å². The maximum Gasteiger partial charge on any atom is 0.0716 e. The number of hydrogen-bond acceptors (Lipinski definition) is 0. The molecule has 1 rings (SSSR count). The van der Waals surface area contributed by atoms with Gasteiger partial charge in [-0.1, -0.05) is 126 Å². The van der Waals surface area contributed by atoms with Gasteiger partial charge in [0.2, 0.25) is 0 Å². The summed E-state index contributed by atoms with van der Waals surface area (Å²) < 4.78 is 0. The third-order valence-electron chi connectivity index (χ3n) is 7.55. The van der Waals surface area contributed by atoms with Crippen LogP contribution in [0.1, 0.15) is 41.5 Å². The van der Waals surface area contributed by atoms with Gasteiger partial charge in [0.1, 0.15) is 0 Å². The first-order valence-electron chi connectivity index (χ1n) is 10.3. The molecule has 0 bridgehead atoms. The van der Waals surface area contributed by atoms with Crippen LogP contribution in [0.2, 0.25) is 49.4 Å². The average Bonchev–Trinajstić information content (AvgIpc) is 2.62. The normalized spacial score (nSPS) is 13.5. The van der Waals surface area contributed by atoms with Crippen LogP contribution in [-0.2, 0) is 0 Å². The summed E-state index contributed by atoms with van der Waals surface area (Å²) in [5.41, 5.74) is 0. The second-order valence-electron chi connectivity index (χ2n) is 7.88. The third-order valence-corrected chi connectivity index (χ3v) is 69.3. The molecule has 0 atom stereocenters. The summed E-state index contributed by atoms with van der Waals surface area (Å²) in [5, 5.41) is 1.76. The largest absolute Gasteiger partial charge is 0.0716 e. The topological polar surface area (TPSA) is 0 Å². The predicted octanol–water partition coefficient (Wildman–Crippen LogP) is 6.35. The highest BCUT2D eigenvalue weighted by molar-refractivity contribution is 7.83. The Morgan fingerprint density at radius 1 is 0.708 bits per heavy atom. The van der Waals surface area contributed by atoms with E-state index in [9.17, 15) is 0 Å². The number of benzene rings is 1. The molecule has 0 aliphatic heterocycles. The van der Waals surface area contributed by atoms with Gasteiger partial charge >= 0.3 is 0 Å². The van der Waals surface area contributed by atoms with Gasteiger partial charge in [-0.05, 0) is 0 Å². The van der Waals surface area contributed by atoms with Crippen molar-refractivity contribution in [2.45, 2.75) is 90.9 Å². The van der Waals surface area contributed by atoms with E-state index >= 15 is 0 Å². The van der Waals surface area contributed by atoms with Crippen LogP contribution in [0.25, 0.3) is 0 Å². The van der Waals surface area contributed by atoms with Crippen molar-refractivity contribution in [1.82, 2.24) is 0 Å². The van der Waals surface area contributed by atoms with E-state index in [4.69, 9.17) is 0 Å². The van der Waals surface area contributed by atoms with Gasteiger partial charge in [0.05, 0.1) is 7.59 Å². The number of rotatable bonds is 10. The van der Waals surface area contributed by atoms with E-state index in [1.807, 2.05) is 0 Å². The highest BCUT2D eigenvalue weighted by atomic mass is 29.8. The minimum Gasteiger partial charge on any atom is -0.0682 e. The van der Waals surface area contributed by atoms with Crippen LogP contribution < -0.4 is 5.19 Å². The van der Waals surface area contributed by atoms with E-state index < -0.39 is 21.8 Å². The van der Waals surface area contributed by atoms with Crippen molar-refractivity contribution < 1.29 is 0 Å². The summed E-state index contributed by atoms with van der Waals surface area (Å²) in [4.78, 5) is 0. The molecule has 0 heterocycles. The van der Waals surface area contributed by atoms with Gasteiger partial charge in [-0.15, -0.1) is 0 Å². The first-order chi connectivity index (χ1) is 11.4. The van der Waals surface area contributed by atoms with Gasteiger partial charge in [0.25, 0.3) is 0 Å². The highest BCUT2D eigenvalue weighted by Gasteiger charge is 2.61. The lowest BCUT2D eigenvalue weighted by Crippen LogP contribution is -2.82. The van der Waals surface area contributed by atoms with Gasteiger partial charge < -0.3 is 0 Å². The van der Waals surface area contributed by atoms with Gasteiger partial charge in [-0.3, -0.25) is 0 Å². The van der Waals surface area contributed by atoms with Crippen molar-refractivity contribution >= 4 is 35.3 Å². The molecule has 0 saturated carbocycles. The molecule has 1 radical (unpaired) electrons. The predicted molar refractivity (Wildman–Crippen MR) is 124 cm³/mol. The Morgan fingerprint density at radius 3 is 1.50 bits per heavy atom. The van der Waals surface area contributed by atoms with Crippen molar-refractivity contribution in [2.75, 3.05) is 0 Å². The Hall–Kier alpha value is 0.0875. The molecular weight excluding hydrogens is 353 g/mol. The van der Waals surface area contributed by atoms with Crippen molar-refractivity contribution in [3.05, 3.63) is 30.3 Å². The molecule has 0 aromatic heterocycles. The third kappa shape index (κ3) is 3.36. The molecule has 0 amide bonds. The molecule has 0 N–H and O–H groups in total. The molecule has 137 valence electrons. The van der Waals surface area contributed by atoms with Crippen LogP contribution in [0, 0.1) is 0 Å². The fourth-order valence-electron chi connectivity index (χ4n) is 6.23. The highest BCUT2D eigenvalue weighted by Crippen LogP contribution is 2.42. The summed E-state index contributed by atoms with van der Waals surface area (Å²) in [5.74, 6) is 0. The Balaban J connectivity index is 3.67. The summed E-state index contributed by atoms with van der Waals surface area (Å²) in [6.45, 7) is 20.9. The van der Waals surface area contributed by atoms with Crippen molar-refractivity contribution in [1.29, 1.82) is 0 Å². The van der Waals surface area contributed by atoms with Gasteiger partial charge in [-0.2, -0.15) is 0 Å². The van der Waals surface area contributed by atoms with E-state index in [2.05, 4.69) is 85.0 Å². The zero-order chi connectivity index (χ0) is 18.4. The fraction of sp³-hybridized carbons (Fsp3) is 0.700. The molecule has 1 aromatic carbocycles. The molecule has 0 aliphatic rings. The smallest absolute Gasteiger partial charge is 0.0682 e. The summed E-state index contributed by atoms with van der Waals surface area (Å²) >= 11 is 0. The molecule has 1 aromatic rings. The Bertz CT molecular complexity index is 472. The minimum atomic E-state index is -1.41. The Morgan fingerprint density at radius 2 is 1.17 bits per heavy atom. The minimum absolute atomic E-state index is 0.157. The molecular formula is C20H41Si4. The van der Waals surface area contributed by atoms with Gasteiger partial charge in [-0.25, -0.2) is 0 Å². The molecule has 0 saturated heterocycles.